The van der Waals surface area contributed by atoms with Crippen LogP contribution < -0.4 is 20.4 Å². The van der Waals surface area contributed by atoms with Crippen molar-refractivity contribution in [1.82, 2.24) is 25.6 Å². The molecule has 2 N–H and O–H groups in total. The Morgan fingerprint density at radius 3 is 2.75 bits per heavy atom. The van der Waals surface area contributed by atoms with Gasteiger partial charge in [-0.25, -0.2) is 9.97 Å². The number of imide groups is 1. The third kappa shape index (κ3) is 6.47. The average molecular weight is 555 g/mol. The molecule has 2 amide bonds. The molecule has 2 aliphatic rings. The number of benzene rings is 1. The summed E-state index contributed by atoms with van der Waals surface area (Å²) in [4.78, 5) is 41.4. The van der Waals surface area contributed by atoms with Crippen molar-refractivity contribution in [3.05, 3.63) is 70.5 Å². The minimum Gasteiger partial charge on any atom is -0.378 e. The van der Waals surface area contributed by atoms with E-state index in [1.165, 1.54) is 0 Å². The van der Waals surface area contributed by atoms with E-state index < -0.39 is 5.91 Å². The van der Waals surface area contributed by atoms with Crippen molar-refractivity contribution in [2.45, 2.75) is 19.4 Å². The number of nitriles is 1. The summed E-state index contributed by atoms with van der Waals surface area (Å²) in [5.74, 6) is 0.748. The number of carbonyl (C=O) groups is 2. The standard InChI is InChI=1S/C29H30N8O2S/c1-36(2)24-5-3-4-21(13-24)26-22(15-30)12-20(18-33-26)17-31-16-19-7-10-37(11-8-19)28-32-9-6-23(34-28)14-25-27(38)35-29(39)40-25/h3-6,9,12-14,18-19,31H,7-8,10-11,16-17H2,1-2H3,(H,35,38,39). The first-order valence-electron chi connectivity index (χ1n) is 13.1. The van der Waals surface area contributed by atoms with Crippen LogP contribution in [0.1, 0.15) is 29.7 Å². The molecule has 11 heteroatoms. The van der Waals surface area contributed by atoms with Gasteiger partial charge in [0, 0.05) is 57.4 Å². The number of aromatic nitrogens is 3. The van der Waals surface area contributed by atoms with Crippen molar-refractivity contribution in [2.24, 2.45) is 5.92 Å². The highest BCUT2D eigenvalue weighted by molar-refractivity contribution is 8.18. The van der Waals surface area contributed by atoms with Gasteiger partial charge >= 0.3 is 0 Å². The molecule has 40 heavy (non-hydrogen) atoms. The molecule has 2 aromatic heterocycles. The van der Waals surface area contributed by atoms with E-state index in [2.05, 4.69) is 36.6 Å². The summed E-state index contributed by atoms with van der Waals surface area (Å²) in [6.07, 6.45) is 7.13. The number of nitrogens with zero attached hydrogens (tertiary/aromatic N) is 6. The number of hydrogen-bond acceptors (Lipinski definition) is 10. The third-order valence-electron chi connectivity index (χ3n) is 6.95. The number of anilines is 2. The summed E-state index contributed by atoms with van der Waals surface area (Å²) in [5, 5.41) is 15.2. The molecule has 0 aliphatic carbocycles. The van der Waals surface area contributed by atoms with Gasteiger partial charge in [0.05, 0.1) is 21.9 Å². The van der Waals surface area contributed by atoms with Gasteiger partial charge in [-0.15, -0.1) is 0 Å². The predicted molar refractivity (Wildman–Crippen MR) is 156 cm³/mol. The second-order valence-electron chi connectivity index (χ2n) is 9.99. The Hall–Kier alpha value is -4.27. The van der Waals surface area contributed by atoms with Gasteiger partial charge in [0.15, 0.2) is 0 Å². The summed E-state index contributed by atoms with van der Waals surface area (Å²) in [5.41, 5.74) is 4.84. The normalized spacial score (nSPS) is 16.7. The summed E-state index contributed by atoms with van der Waals surface area (Å²) in [7, 11) is 3.98. The van der Waals surface area contributed by atoms with E-state index in [1.807, 2.05) is 55.5 Å². The molecule has 3 aromatic rings. The molecule has 0 unspecified atom stereocenters. The minimum atomic E-state index is -0.395. The zero-order valence-corrected chi connectivity index (χ0v) is 23.2. The van der Waals surface area contributed by atoms with Crippen LogP contribution in [0.4, 0.5) is 16.4 Å². The van der Waals surface area contributed by atoms with Crippen LogP contribution in [0.5, 0.6) is 0 Å². The number of carbonyl (C=O) groups excluding carboxylic acids is 2. The maximum atomic E-state index is 11.8. The van der Waals surface area contributed by atoms with E-state index in [-0.39, 0.29) is 5.24 Å². The molecule has 0 saturated carbocycles. The van der Waals surface area contributed by atoms with Gasteiger partial charge < -0.3 is 15.1 Å². The highest BCUT2D eigenvalue weighted by Gasteiger charge is 2.26. The molecule has 10 nitrogen and oxygen atoms in total. The van der Waals surface area contributed by atoms with Crippen LogP contribution >= 0.6 is 11.8 Å². The lowest BCUT2D eigenvalue weighted by atomic mass is 9.97. The summed E-state index contributed by atoms with van der Waals surface area (Å²) in [6.45, 7) is 3.19. The molecular weight excluding hydrogens is 524 g/mol. The van der Waals surface area contributed by atoms with Crippen LogP contribution in [0.3, 0.4) is 0 Å². The number of pyridine rings is 1. The lowest BCUT2D eigenvalue weighted by Gasteiger charge is -2.32. The van der Waals surface area contributed by atoms with Crippen molar-refractivity contribution in [1.29, 1.82) is 5.26 Å². The van der Waals surface area contributed by atoms with E-state index in [4.69, 9.17) is 0 Å². The second-order valence-corrected chi connectivity index (χ2v) is 11.0. The van der Waals surface area contributed by atoms with Gasteiger partial charge in [-0.2, -0.15) is 5.26 Å². The number of nitrogens with one attached hydrogen (secondary N) is 2. The van der Waals surface area contributed by atoms with Crippen LogP contribution in [0.25, 0.3) is 17.3 Å². The lowest BCUT2D eigenvalue weighted by molar-refractivity contribution is -0.115. The zero-order chi connectivity index (χ0) is 28.1. The first-order chi connectivity index (χ1) is 19.4. The zero-order valence-electron chi connectivity index (χ0n) is 22.4. The molecule has 1 aromatic carbocycles. The van der Waals surface area contributed by atoms with E-state index in [0.717, 1.165) is 61.1 Å². The molecule has 5 rings (SSSR count). The van der Waals surface area contributed by atoms with Crippen molar-refractivity contribution >= 4 is 40.6 Å². The Morgan fingerprint density at radius 2 is 2.02 bits per heavy atom. The molecule has 2 fully saturated rings. The van der Waals surface area contributed by atoms with Crippen molar-refractivity contribution in [2.75, 3.05) is 43.5 Å². The van der Waals surface area contributed by atoms with Gasteiger partial charge in [0.1, 0.15) is 6.07 Å². The molecule has 0 atom stereocenters. The number of rotatable bonds is 8. The van der Waals surface area contributed by atoms with Gasteiger partial charge in [-0.3, -0.25) is 19.9 Å². The molecular formula is C29H30N8O2S. The first kappa shape index (κ1) is 27.3. The van der Waals surface area contributed by atoms with Crippen LogP contribution in [0.2, 0.25) is 0 Å². The smallest absolute Gasteiger partial charge is 0.290 e. The fourth-order valence-electron chi connectivity index (χ4n) is 4.76. The Labute approximate surface area is 237 Å². The molecule has 2 aliphatic heterocycles. The molecule has 0 bridgehead atoms. The second kappa shape index (κ2) is 12.3. The van der Waals surface area contributed by atoms with Crippen LogP contribution in [-0.2, 0) is 11.3 Å². The van der Waals surface area contributed by atoms with Crippen LogP contribution in [0, 0.1) is 17.2 Å². The maximum Gasteiger partial charge on any atom is 0.290 e. The van der Waals surface area contributed by atoms with E-state index in [0.29, 0.717) is 40.3 Å². The number of piperidine rings is 1. The third-order valence-corrected chi connectivity index (χ3v) is 7.76. The molecule has 4 heterocycles. The van der Waals surface area contributed by atoms with Crippen LogP contribution in [-0.4, -0.2) is 59.8 Å². The quantitative estimate of drug-likeness (QED) is 0.397. The SMILES string of the molecule is CN(C)c1cccc(-c2ncc(CNCC3CCN(c4nccc(C=C5SC(=O)NC5=O)n4)CC3)cc2C#N)c1. The minimum absolute atomic E-state index is 0.338. The van der Waals surface area contributed by atoms with E-state index in [1.54, 1.807) is 18.3 Å². The van der Waals surface area contributed by atoms with Gasteiger partial charge in [-0.05, 0) is 73.0 Å². The van der Waals surface area contributed by atoms with Crippen LogP contribution in [0.15, 0.2) is 53.7 Å². The highest BCUT2D eigenvalue weighted by Crippen LogP contribution is 2.27. The summed E-state index contributed by atoms with van der Waals surface area (Å²) < 4.78 is 0. The van der Waals surface area contributed by atoms with Crippen molar-refractivity contribution in [3.8, 4) is 17.3 Å². The molecule has 0 radical (unpaired) electrons. The Balaban J connectivity index is 1.13. The number of amides is 2. The van der Waals surface area contributed by atoms with E-state index in [9.17, 15) is 14.9 Å². The topological polar surface area (TPSA) is 127 Å². The van der Waals surface area contributed by atoms with Gasteiger partial charge in [-0.1, -0.05) is 12.1 Å². The fraction of sp³-hybridized carbons (Fsp3) is 0.310. The fourth-order valence-corrected chi connectivity index (χ4v) is 5.43. The lowest BCUT2D eigenvalue weighted by Crippen LogP contribution is -2.38. The van der Waals surface area contributed by atoms with Crippen molar-refractivity contribution in [3.63, 3.8) is 0 Å². The maximum absolute atomic E-state index is 11.8. The van der Waals surface area contributed by atoms with Crippen molar-refractivity contribution < 1.29 is 9.59 Å². The predicted octanol–water partition coefficient (Wildman–Crippen LogP) is 3.81. The first-order valence-corrected chi connectivity index (χ1v) is 13.9. The number of hydrogen-bond donors (Lipinski definition) is 2. The van der Waals surface area contributed by atoms with Gasteiger partial charge in [0.2, 0.25) is 5.95 Å². The largest absolute Gasteiger partial charge is 0.378 e. The molecule has 204 valence electrons. The Bertz CT molecular complexity index is 1490. The van der Waals surface area contributed by atoms with Gasteiger partial charge in [0.25, 0.3) is 11.1 Å². The molecule has 0 spiro atoms. The highest BCUT2D eigenvalue weighted by atomic mass is 32.2. The number of thioether (sulfide) groups is 1. The van der Waals surface area contributed by atoms with E-state index >= 15 is 0 Å². The summed E-state index contributed by atoms with van der Waals surface area (Å²) >= 11 is 0.878. The monoisotopic (exact) mass is 554 g/mol. The average Bonchev–Trinajstić information content (AvgIpc) is 3.29. The summed E-state index contributed by atoms with van der Waals surface area (Å²) in [6, 6.07) is 14.0. The Morgan fingerprint density at radius 1 is 1.20 bits per heavy atom. The Kier molecular flexibility index (Phi) is 8.38. The molecule has 2 saturated heterocycles.